The molecule has 0 fully saturated rings. The van der Waals surface area contributed by atoms with E-state index in [2.05, 4.69) is 19.3 Å². The van der Waals surface area contributed by atoms with E-state index in [9.17, 15) is 30.3 Å². The summed E-state index contributed by atoms with van der Waals surface area (Å²) < 4.78 is 0.703. The zero-order valence-corrected chi connectivity index (χ0v) is 19.5. The molecule has 0 aliphatic heterocycles. The zero-order valence-electron chi connectivity index (χ0n) is 19.5. The number of hydrogen-bond acceptors (Lipinski definition) is 7. The number of quaternary nitrogens is 1. The predicted octanol–water partition coefficient (Wildman–Crippen LogP) is -0.492. The number of rotatable bonds is 20. The summed E-state index contributed by atoms with van der Waals surface area (Å²) in [5, 5.41) is 59.2. The molecule has 1 amide bonds. The van der Waals surface area contributed by atoms with Crippen LogP contribution in [0.1, 0.15) is 64.7 Å². The maximum Gasteiger partial charge on any atom is 0.251 e. The minimum atomic E-state index is -1.91. The highest BCUT2D eigenvalue weighted by molar-refractivity contribution is 5.81. The van der Waals surface area contributed by atoms with Crippen LogP contribution >= 0.6 is 0 Å². The molecule has 0 aromatic carbocycles. The van der Waals surface area contributed by atoms with Crippen molar-refractivity contribution in [1.82, 2.24) is 5.32 Å². The van der Waals surface area contributed by atoms with Crippen LogP contribution in [0.4, 0.5) is 0 Å². The lowest BCUT2D eigenvalue weighted by Crippen LogP contribution is -2.52. The van der Waals surface area contributed by atoms with Crippen molar-refractivity contribution in [3.8, 4) is 0 Å². The topological polar surface area (TPSA) is 150 Å². The van der Waals surface area contributed by atoms with Crippen LogP contribution in [-0.2, 0) is 4.79 Å². The number of amides is 1. The van der Waals surface area contributed by atoms with Gasteiger partial charge in [-0.05, 0) is 12.8 Å². The van der Waals surface area contributed by atoms with Crippen LogP contribution in [0.3, 0.4) is 0 Å². The van der Waals surface area contributed by atoms with Crippen LogP contribution in [0, 0.1) is 0 Å². The molecule has 0 heterocycles. The van der Waals surface area contributed by atoms with Crippen LogP contribution in [0.5, 0.6) is 0 Å². The van der Waals surface area contributed by atoms with Crippen molar-refractivity contribution in [3.05, 3.63) is 0 Å². The van der Waals surface area contributed by atoms with Gasteiger partial charge in [0.25, 0.3) is 5.91 Å². The Kier molecular flexibility index (Phi) is 17.2. The van der Waals surface area contributed by atoms with Gasteiger partial charge in [0.15, 0.2) is 6.10 Å². The lowest BCUT2D eigenvalue weighted by atomic mass is 10.0. The number of hydrogen-bond donors (Lipinski definition) is 7. The van der Waals surface area contributed by atoms with E-state index < -0.39 is 36.9 Å². The van der Waals surface area contributed by atoms with Crippen LogP contribution in [-0.4, -0.2) is 112 Å². The van der Waals surface area contributed by atoms with Crippen molar-refractivity contribution in [1.29, 1.82) is 0 Å². The summed E-state index contributed by atoms with van der Waals surface area (Å²) in [6.07, 6.45) is 3.28. The van der Waals surface area contributed by atoms with Crippen molar-refractivity contribution in [2.45, 2.75) is 89.1 Å². The van der Waals surface area contributed by atoms with E-state index in [1.165, 1.54) is 44.9 Å². The molecule has 0 aliphatic rings. The van der Waals surface area contributed by atoms with E-state index in [0.29, 0.717) is 17.4 Å². The molecule has 186 valence electrons. The molecule has 7 N–H and O–H groups in total. The van der Waals surface area contributed by atoms with Gasteiger partial charge in [0, 0.05) is 13.0 Å². The fraction of sp³-hybridized carbons (Fsp3) is 0.955. The van der Waals surface area contributed by atoms with E-state index in [-0.39, 0.29) is 13.2 Å². The monoisotopic (exact) mass is 451 g/mol. The first-order valence-corrected chi connectivity index (χ1v) is 11.8. The molecule has 0 radical (unpaired) electrons. The number of aliphatic hydroxyl groups excluding tert-OH is 6. The van der Waals surface area contributed by atoms with Gasteiger partial charge in [-0.1, -0.05) is 45.4 Å². The molecule has 1 unspecified atom stereocenters. The van der Waals surface area contributed by atoms with Gasteiger partial charge in [-0.15, -0.1) is 0 Å². The molecule has 0 spiro atoms. The van der Waals surface area contributed by atoms with Crippen molar-refractivity contribution >= 4 is 5.91 Å². The Hall–Kier alpha value is -0.810. The summed E-state index contributed by atoms with van der Waals surface area (Å²) in [5.74, 6) is -0.851. The summed E-state index contributed by atoms with van der Waals surface area (Å²) in [5.41, 5.74) is 0. The maximum absolute atomic E-state index is 12.0. The lowest BCUT2D eigenvalue weighted by Gasteiger charge is -2.34. The second-order valence-corrected chi connectivity index (χ2v) is 8.81. The molecule has 0 aromatic heterocycles. The molecule has 9 heteroatoms. The first-order chi connectivity index (χ1) is 14.7. The highest BCUT2D eigenvalue weighted by Crippen LogP contribution is 2.12. The number of carbonyl (C=O) groups excluding carboxylic acids is 1. The first-order valence-electron chi connectivity index (χ1n) is 11.8. The smallest absolute Gasteiger partial charge is 0.251 e. The molecule has 9 nitrogen and oxygen atoms in total. The zero-order chi connectivity index (χ0) is 23.7. The molecule has 0 aliphatic carbocycles. The van der Waals surface area contributed by atoms with E-state index in [4.69, 9.17) is 5.11 Å². The average molecular weight is 452 g/mol. The van der Waals surface area contributed by atoms with E-state index in [1.807, 2.05) is 0 Å². The number of aliphatic hydroxyl groups is 6. The minimum Gasteiger partial charge on any atom is -0.394 e. The minimum absolute atomic E-state index is 0.0931. The Balaban J connectivity index is 4.21. The fourth-order valence-electron chi connectivity index (χ4n) is 3.66. The van der Waals surface area contributed by atoms with E-state index >= 15 is 0 Å². The van der Waals surface area contributed by atoms with E-state index in [1.54, 1.807) is 0 Å². The third kappa shape index (κ3) is 13.4. The molecule has 0 bridgehead atoms. The van der Waals surface area contributed by atoms with Gasteiger partial charge in [0.2, 0.25) is 0 Å². The quantitative estimate of drug-likeness (QED) is 0.0974. The molecule has 0 saturated heterocycles. The fourth-order valence-corrected chi connectivity index (χ4v) is 3.66. The third-order valence-corrected chi connectivity index (χ3v) is 5.89. The summed E-state index contributed by atoms with van der Waals surface area (Å²) in [4.78, 5) is 12.0. The Morgan fingerprint density at radius 2 is 1.35 bits per heavy atom. The van der Waals surface area contributed by atoms with Crippen molar-refractivity contribution < 1.29 is 39.9 Å². The lowest BCUT2D eigenvalue weighted by molar-refractivity contribution is -0.910. The standard InChI is InChI=1S/C22H46N2O7/c1-3-4-5-6-7-8-9-10-13-24(2,15-16-25)14-11-12-23-22(31)21(30)20(29)19(28)18(27)17-26/h18-21,25-30H,3-17H2,1-2H3/p+1/t18-,19-,20+,21-,24?/m1/s1. The second-order valence-electron chi connectivity index (χ2n) is 8.81. The molecular formula is C22H47N2O7+. The van der Waals surface area contributed by atoms with Gasteiger partial charge in [-0.2, -0.15) is 0 Å². The Morgan fingerprint density at radius 3 is 1.90 bits per heavy atom. The number of nitrogens with one attached hydrogen (secondary N) is 1. The highest BCUT2D eigenvalue weighted by atomic mass is 16.4. The van der Waals surface area contributed by atoms with Crippen molar-refractivity contribution in [2.75, 3.05) is 46.4 Å². The molecule has 0 aromatic rings. The van der Waals surface area contributed by atoms with Crippen LogP contribution in [0.25, 0.3) is 0 Å². The Morgan fingerprint density at radius 1 is 0.806 bits per heavy atom. The first kappa shape index (κ1) is 30.2. The third-order valence-electron chi connectivity index (χ3n) is 5.89. The van der Waals surface area contributed by atoms with Crippen molar-refractivity contribution in [2.24, 2.45) is 0 Å². The van der Waals surface area contributed by atoms with E-state index in [0.717, 1.165) is 19.5 Å². The van der Waals surface area contributed by atoms with Gasteiger partial charge < -0.3 is 40.4 Å². The molecule has 0 saturated carbocycles. The van der Waals surface area contributed by atoms with Gasteiger partial charge in [-0.25, -0.2) is 0 Å². The summed E-state index contributed by atoms with van der Waals surface area (Å²) >= 11 is 0. The molecule has 0 rings (SSSR count). The van der Waals surface area contributed by atoms with Crippen molar-refractivity contribution in [3.63, 3.8) is 0 Å². The summed E-state index contributed by atoms with van der Waals surface area (Å²) in [7, 11) is 2.09. The number of nitrogens with zero attached hydrogens (tertiary/aromatic N) is 1. The highest BCUT2D eigenvalue weighted by Gasteiger charge is 2.34. The normalized spacial score (nSPS) is 17.5. The average Bonchev–Trinajstić information content (AvgIpc) is 2.76. The van der Waals surface area contributed by atoms with Crippen LogP contribution in [0.15, 0.2) is 0 Å². The van der Waals surface area contributed by atoms with Crippen LogP contribution < -0.4 is 5.32 Å². The Labute approximate surface area is 187 Å². The predicted molar refractivity (Wildman–Crippen MR) is 119 cm³/mol. The number of unbranched alkanes of at least 4 members (excludes halogenated alkanes) is 7. The summed E-state index contributed by atoms with van der Waals surface area (Å²) in [6, 6.07) is 0. The SMILES string of the molecule is CCCCCCCCCC[N+](C)(CCO)CCCNC(=O)[C@H](O)[C@@H](O)[C@H](O)[C@H](O)CO. The van der Waals surface area contributed by atoms with Gasteiger partial charge in [0.1, 0.15) is 24.9 Å². The molecule has 5 atom stereocenters. The summed E-state index contributed by atoms with van der Waals surface area (Å²) in [6.45, 7) is 4.13. The number of carbonyl (C=O) groups is 1. The maximum atomic E-state index is 12.0. The molecule has 31 heavy (non-hydrogen) atoms. The van der Waals surface area contributed by atoms with Gasteiger partial charge in [0.05, 0.1) is 33.4 Å². The largest absolute Gasteiger partial charge is 0.394 e. The van der Waals surface area contributed by atoms with Gasteiger partial charge in [-0.3, -0.25) is 4.79 Å². The van der Waals surface area contributed by atoms with Crippen LogP contribution in [0.2, 0.25) is 0 Å². The number of likely N-dealkylation sites (N-methyl/N-ethyl adjacent to an activating group) is 1. The van der Waals surface area contributed by atoms with Gasteiger partial charge >= 0.3 is 0 Å². The molecular weight excluding hydrogens is 404 g/mol. The Bertz CT molecular complexity index is 456. The second kappa shape index (κ2) is 17.7.